The number of primary amides is 1. The summed E-state index contributed by atoms with van der Waals surface area (Å²) in [4.78, 5) is 23.8. The third-order valence-electron chi connectivity index (χ3n) is 5.17. The highest BCUT2D eigenvalue weighted by Crippen LogP contribution is 2.38. The van der Waals surface area contributed by atoms with Crippen LogP contribution in [0.15, 0.2) is 51.7 Å². The van der Waals surface area contributed by atoms with Gasteiger partial charge in [-0.3, -0.25) is 4.79 Å². The van der Waals surface area contributed by atoms with E-state index in [1.54, 1.807) is 31.2 Å². The molecule has 0 saturated heterocycles. The van der Waals surface area contributed by atoms with Gasteiger partial charge < -0.3 is 24.7 Å². The molecule has 3 N–H and O–H groups in total. The summed E-state index contributed by atoms with van der Waals surface area (Å²) in [5.41, 5.74) is 6.21. The average molecular weight is 423 g/mol. The van der Waals surface area contributed by atoms with Crippen LogP contribution in [0.4, 0.5) is 0 Å². The predicted molar refractivity (Wildman–Crippen MR) is 116 cm³/mol. The molecule has 1 unspecified atom stereocenters. The Balaban J connectivity index is 1.83. The van der Waals surface area contributed by atoms with Crippen molar-refractivity contribution in [1.29, 1.82) is 0 Å². The molecule has 4 rings (SSSR count). The lowest BCUT2D eigenvalue weighted by Gasteiger charge is -2.16. The normalized spacial score (nSPS) is 14.4. The molecule has 1 saturated carbocycles. The summed E-state index contributed by atoms with van der Waals surface area (Å²) in [6, 6.07) is 12.5. The van der Waals surface area contributed by atoms with E-state index in [1.807, 2.05) is 18.2 Å². The number of hydrogen-bond donors (Lipinski definition) is 2. The Morgan fingerprint density at radius 3 is 2.58 bits per heavy atom. The van der Waals surface area contributed by atoms with E-state index in [2.05, 4.69) is 0 Å². The number of fused-ring (bicyclic) bond motifs is 1. The van der Waals surface area contributed by atoms with E-state index in [-0.39, 0.29) is 13.0 Å². The number of nitrogens with two attached hydrogens (primary N) is 1. The molecule has 7 heteroatoms. The van der Waals surface area contributed by atoms with Gasteiger partial charge in [-0.2, -0.15) is 0 Å². The van der Waals surface area contributed by atoms with Crippen molar-refractivity contribution in [3.05, 3.63) is 58.6 Å². The summed E-state index contributed by atoms with van der Waals surface area (Å²) in [6.07, 6.45) is 1.77. The van der Waals surface area contributed by atoms with E-state index >= 15 is 0 Å². The number of carbonyl (C=O) groups is 1. The van der Waals surface area contributed by atoms with Gasteiger partial charge >= 0.3 is 5.63 Å². The lowest BCUT2D eigenvalue weighted by Crippen LogP contribution is -2.20. The van der Waals surface area contributed by atoms with Gasteiger partial charge in [0.15, 0.2) is 18.1 Å². The zero-order valence-corrected chi connectivity index (χ0v) is 17.3. The van der Waals surface area contributed by atoms with Crippen molar-refractivity contribution in [3.8, 4) is 22.6 Å². The Kier molecular flexibility index (Phi) is 5.95. The molecule has 0 bridgehead atoms. The monoisotopic (exact) mass is 423 g/mol. The minimum atomic E-state index is -0.699. The first kappa shape index (κ1) is 20.9. The van der Waals surface area contributed by atoms with E-state index in [1.165, 1.54) is 0 Å². The van der Waals surface area contributed by atoms with Crippen LogP contribution >= 0.6 is 0 Å². The molecular formula is C24H25NO6. The molecule has 2 aromatic carbocycles. The molecular weight excluding hydrogens is 398 g/mol. The van der Waals surface area contributed by atoms with Gasteiger partial charge in [0.05, 0.1) is 18.1 Å². The molecule has 1 aromatic heterocycles. The van der Waals surface area contributed by atoms with Crippen molar-refractivity contribution >= 4 is 16.7 Å². The number of rotatable bonds is 9. The highest BCUT2D eigenvalue weighted by Gasteiger charge is 2.23. The van der Waals surface area contributed by atoms with Gasteiger partial charge in [0.2, 0.25) is 0 Å². The average Bonchev–Trinajstić information content (AvgIpc) is 3.55. The second-order valence-electron chi connectivity index (χ2n) is 7.96. The highest BCUT2D eigenvalue weighted by atomic mass is 16.5. The van der Waals surface area contributed by atoms with Gasteiger partial charge in [-0.15, -0.1) is 0 Å². The van der Waals surface area contributed by atoms with Crippen molar-refractivity contribution in [2.75, 3.05) is 13.2 Å². The van der Waals surface area contributed by atoms with E-state index in [0.717, 1.165) is 12.8 Å². The number of aliphatic hydroxyl groups excluding tert-OH is 1. The fraction of sp³-hybridized carbons (Fsp3) is 0.333. The predicted octanol–water partition coefficient (Wildman–Crippen LogP) is 3.04. The van der Waals surface area contributed by atoms with E-state index in [4.69, 9.17) is 19.6 Å². The third-order valence-corrected chi connectivity index (χ3v) is 5.17. The lowest BCUT2D eigenvalue weighted by atomic mass is 9.96. The summed E-state index contributed by atoms with van der Waals surface area (Å²) >= 11 is 0. The first-order valence-electron chi connectivity index (χ1n) is 10.3. The minimum Gasteiger partial charge on any atom is -0.489 e. The van der Waals surface area contributed by atoms with E-state index in [0.29, 0.717) is 51.7 Å². The topological polar surface area (TPSA) is 112 Å². The molecule has 31 heavy (non-hydrogen) atoms. The minimum absolute atomic E-state index is 0.173. The van der Waals surface area contributed by atoms with Gasteiger partial charge in [0.1, 0.15) is 5.76 Å². The van der Waals surface area contributed by atoms with Crippen LogP contribution in [0, 0.1) is 5.92 Å². The summed E-state index contributed by atoms with van der Waals surface area (Å²) in [6.45, 7) is 1.94. The summed E-state index contributed by atoms with van der Waals surface area (Å²) in [7, 11) is 0. The van der Waals surface area contributed by atoms with Gasteiger partial charge in [-0.1, -0.05) is 24.3 Å². The van der Waals surface area contributed by atoms with Crippen LogP contribution in [0.3, 0.4) is 0 Å². The molecule has 1 aliphatic carbocycles. The molecule has 1 amide bonds. The maximum atomic E-state index is 12.5. The molecule has 0 radical (unpaired) electrons. The third kappa shape index (κ3) is 4.88. The molecule has 7 nitrogen and oxygen atoms in total. The second kappa shape index (κ2) is 8.81. The maximum absolute atomic E-state index is 12.5. The van der Waals surface area contributed by atoms with Crippen LogP contribution in [-0.2, 0) is 11.2 Å². The Hall–Kier alpha value is -3.32. The Bertz CT molecular complexity index is 1160. The maximum Gasteiger partial charge on any atom is 0.343 e. The zero-order chi connectivity index (χ0) is 22.0. The van der Waals surface area contributed by atoms with E-state index in [9.17, 15) is 14.7 Å². The van der Waals surface area contributed by atoms with Crippen LogP contribution < -0.4 is 20.8 Å². The zero-order valence-electron chi connectivity index (χ0n) is 17.3. The summed E-state index contributed by atoms with van der Waals surface area (Å²) in [5, 5.41) is 11.1. The number of hydrogen-bond acceptors (Lipinski definition) is 6. The van der Waals surface area contributed by atoms with E-state index < -0.39 is 17.6 Å². The van der Waals surface area contributed by atoms with Crippen LogP contribution in [-0.4, -0.2) is 30.3 Å². The molecule has 3 aromatic rings. The van der Waals surface area contributed by atoms with Crippen LogP contribution in [0.25, 0.3) is 21.9 Å². The summed E-state index contributed by atoms with van der Waals surface area (Å²) < 4.78 is 17.1. The highest BCUT2D eigenvalue weighted by molar-refractivity contribution is 5.97. The van der Waals surface area contributed by atoms with Crippen molar-refractivity contribution in [2.45, 2.75) is 32.3 Å². The smallest absolute Gasteiger partial charge is 0.343 e. The van der Waals surface area contributed by atoms with Crippen LogP contribution in [0.5, 0.6) is 11.5 Å². The second-order valence-corrected chi connectivity index (χ2v) is 7.96. The molecule has 1 heterocycles. The molecule has 162 valence electrons. The number of ether oxygens (including phenoxy) is 2. The Morgan fingerprint density at radius 1 is 1.16 bits per heavy atom. The van der Waals surface area contributed by atoms with Gasteiger partial charge in [-0.25, -0.2) is 4.79 Å². The Morgan fingerprint density at radius 2 is 1.90 bits per heavy atom. The van der Waals surface area contributed by atoms with Crippen LogP contribution in [0.1, 0.15) is 25.5 Å². The standard InChI is InChI=1S/C24H25NO6/c1-14(26)10-21-23(17-4-2-3-5-18(17)24(28)31-21)16-8-9-19(29-12-15-6-7-15)20(11-16)30-13-22(25)27/h2-5,8-9,11,14-15,26H,6-7,10,12-13H2,1H3,(H2,25,27). The SMILES string of the molecule is CC(O)Cc1oc(=O)c2ccccc2c1-c1ccc(OCC2CC2)c(OCC(N)=O)c1. The molecule has 0 aliphatic heterocycles. The van der Waals surface area contributed by atoms with Gasteiger partial charge in [-0.05, 0) is 49.4 Å². The summed E-state index contributed by atoms with van der Waals surface area (Å²) in [5.74, 6) is 1.25. The fourth-order valence-corrected chi connectivity index (χ4v) is 3.51. The quantitative estimate of drug-likeness (QED) is 0.547. The van der Waals surface area contributed by atoms with Crippen molar-refractivity contribution in [3.63, 3.8) is 0 Å². The molecule has 1 fully saturated rings. The first-order chi connectivity index (χ1) is 14.9. The molecule has 0 spiro atoms. The van der Waals surface area contributed by atoms with Crippen LogP contribution in [0.2, 0.25) is 0 Å². The van der Waals surface area contributed by atoms with Gasteiger partial charge in [0, 0.05) is 17.4 Å². The molecule has 1 atom stereocenters. The molecule has 1 aliphatic rings. The number of aliphatic hydroxyl groups is 1. The van der Waals surface area contributed by atoms with Crippen molar-refractivity contribution in [2.24, 2.45) is 11.7 Å². The van der Waals surface area contributed by atoms with Crippen molar-refractivity contribution < 1.29 is 23.8 Å². The lowest BCUT2D eigenvalue weighted by molar-refractivity contribution is -0.119. The number of amides is 1. The largest absolute Gasteiger partial charge is 0.489 e. The Labute approximate surface area is 179 Å². The first-order valence-corrected chi connectivity index (χ1v) is 10.3. The number of carbonyl (C=O) groups excluding carboxylic acids is 1. The van der Waals surface area contributed by atoms with Crippen molar-refractivity contribution in [1.82, 2.24) is 0 Å². The fourth-order valence-electron chi connectivity index (χ4n) is 3.51. The number of benzene rings is 2. The van der Waals surface area contributed by atoms with Gasteiger partial charge in [0.25, 0.3) is 5.91 Å².